The number of ether oxygens (including phenoxy) is 1. The zero-order chi connectivity index (χ0) is 18.8. The Morgan fingerprint density at radius 3 is 2.58 bits per heavy atom. The van der Waals surface area contributed by atoms with E-state index < -0.39 is 0 Å². The molecule has 7 heteroatoms. The van der Waals surface area contributed by atoms with E-state index in [4.69, 9.17) is 17.0 Å². The van der Waals surface area contributed by atoms with Crippen LogP contribution >= 0.6 is 55.8 Å². The Kier molecular flexibility index (Phi) is 6.22. The molecule has 2 aromatic rings. The van der Waals surface area contributed by atoms with Crippen molar-refractivity contribution in [2.24, 2.45) is 0 Å². The molecule has 134 valence electrons. The minimum Gasteiger partial charge on any atom is -0.495 e. The Morgan fingerprint density at radius 1 is 1.23 bits per heavy atom. The standard InChI is InChI=1S/C19H15Br2NO2S2/c1-11-3-5-12(6-4-11)10-22-18(23)16(26-19(22)25)8-13-7-14(20)9-15(21)17(13)24-2/h3-9H,10H2,1-2H3/b16-8-. The highest BCUT2D eigenvalue weighted by Crippen LogP contribution is 2.38. The van der Waals surface area contributed by atoms with Crippen LogP contribution in [0.25, 0.3) is 6.08 Å². The summed E-state index contributed by atoms with van der Waals surface area (Å²) in [6.45, 7) is 2.51. The number of benzene rings is 2. The Morgan fingerprint density at radius 2 is 1.92 bits per heavy atom. The van der Waals surface area contributed by atoms with Gasteiger partial charge < -0.3 is 4.74 Å². The Labute approximate surface area is 179 Å². The predicted octanol–water partition coefficient (Wildman–Crippen LogP) is 5.93. The number of thiocarbonyl (C=S) groups is 1. The molecular formula is C19H15Br2NO2S2. The molecule has 0 spiro atoms. The lowest BCUT2D eigenvalue weighted by Crippen LogP contribution is -2.27. The fourth-order valence-corrected chi connectivity index (χ4v) is 5.22. The molecule has 0 aromatic heterocycles. The number of hydrogen-bond acceptors (Lipinski definition) is 4. The van der Waals surface area contributed by atoms with Gasteiger partial charge in [-0.1, -0.05) is 69.7 Å². The zero-order valence-electron chi connectivity index (χ0n) is 14.1. The molecule has 0 bridgehead atoms. The molecule has 1 heterocycles. The van der Waals surface area contributed by atoms with Crippen molar-refractivity contribution in [2.75, 3.05) is 7.11 Å². The summed E-state index contributed by atoms with van der Waals surface area (Å²) in [5.41, 5.74) is 3.05. The van der Waals surface area contributed by atoms with Crippen LogP contribution in [0.2, 0.25) is 0 Å². The number of carbonyl (C=O) groups excluding carboxylic acids is 1. The number of nitrogens with zero attached hydrogens (tertiary/aromatic N) is 1. The molecule has 0 aliphatic carbocycles. The molecule has 2 aromatic carbocycles. The third kappa shape index (κ3) is 4.22. The Hall–Kier alpha value is -1.15. The van der Waals surface area contributed by atoms with Gasteiger partial charge in [0.15, 0.2) is 0 Å². The monoisotopic (exact) mass is 511 g/mol. The van der Waals surface area contributed by atoms with Crippen molar-refractivity contribution in [3.05, 3.63) is 66.9 Å². The fourth-order valence-electron chi connectivity index (χ4n) is 2.56. The minimum absolute atomic E-state index is 0.0845. The molecule has 1 aliphatic rings. The van der Waals surface area contributed by atoms with Crippen LogP contribution in [0.15, 0.2) is 50.2 Å². The molecule has 0 N–H and O–H groups in total. The highest BCUT2D eigenvalue weighted by Gasteiger charge is 2.32. The van der Waals surface area contributed by atoms with Crippen molar-refractivity contribution in [2.45, 2.75) is 13.5 Å². The lowest BCUT2D eigenvalue weighted by molar-refractivity contribution is -0.122. The number of amides is 1. The van der Waals surface area contributed by atoms with Gasteiger partial charge in [0.25, 0.3) is 5.91 Å². The van der Waals surface area contributed by atoms with Gasteiger partial charge in [-0.3, -0.25) is 9.69 Å². The summed E-state index contributed by atoms with van der Waals surface area (Å²) in [5.74, 6) is 0.593. The molecular weight excluding hydrogens is 498 g/mol. The lowest BCUT2D eigenvalue weighted by Gasteiger charge is -2.14. The van der Waals surface area contributed by atoms with Crippen LogP contribution in [-0.2, 0) is 11.3 Å². The first-order valence-corrected chi connectivity index (χ1v) is 10.5. The van der Waals surface area contributed by atoms with Crippen LogP contribution in [0.1, 0.15) is 16.7 Å². The highest BCUT2D eigenvalue weighted by atomic mass is 79.9. The van der Waals surface area contributed by atoms with Crippen LogP contribution in [0.5, 0.6) is 5.75 Å². The second-order valence-electron chi connectivity index (χ2n) is 5.76. The summed E-state index contributed by atoms with van der Waals surface area (Å²) in [6, 6.07) is 11.9. The predicted molar refractivity (Wildman–Crippen MR) is 118 cm³/mol. The molecule has 1 fully saturated rings. The minimum atomic E-state index is -0.0845. The number of hydrogen-bond donors (Lipinski definition) is 0. The van der Waals surface area contributed by atoms with Crippen LogP contribution in [-0.4, -0.2) is 22.2 Å². The summed E-state index contributed by atoms with van der Waals surface area (Å²) in [6.07, 6.45) is 1.82. The van der Waals surface area contributed by atoms with E-state index in [1.807, 2.05) is 49.4 Å². The third-order valence-electron chi connectivity index (χ3n) is 3.86. The van der Waals surface area contributed by atoms with Crippen molar-refractivity contribution in [1.29, 1.82) is 0 Å². The van der Waals surface area contributed by atoms with E-state index in [1.165, 1.54) is 17.3 Å². The first-order valence-electron chi connectivity index (χ1n) is 7.73. The molecule has 0 saturated carbocycles. The Balaban J connectivity index is 1.89. The number of aryl methyl sites for hydroxylation is 1. The molecule has 0 atom stereocenters. The van der Waals surface area contributed by atoms with Gasteiger partial charge in [0.1, 0.15) is 10.1 Å². The van der Waals surface area contributed by atoms with Gasteiger partial charge in [-0.05, 0) is 46.6 Å². The molecule has 0 unspecified atom stereocenters. The molecule has 3 rings (SSSR count). The SMILES string of the molecule is COc1c(Br)cc(Br)cc1/C=C1\SC(=S)N(Cc2ccc(C)cc2)C1=O. The van der Waals surface area contributed by atoms with E-state index in [9.17, 15) is 4.79 Å². The molecule has 3 nitrogen and oxygen atoms in total. The maximum Gasteiger partial charge on any atom is 0.266 e. The van der Waals surface area contributed by atoms with Gasteiger partial charge in [-0.25, -0.2) is 0 Å². The van der Waals surface area contributed by atoms with E-state index in [2.05, 4.69) is 31.9 Å². The quantitative estimate of drug-likeness (QED) is 0.375. The van der Waals surface area contributed by atoms with Crippen molar-refractivity contribution in [1.82, 2.24) is 4.90 Å². The third-order valence-corrected chi connectivity index (χ3v) is 6.29. The van der Waals surface area contributed by atoms with Gasteiger partial charge in [-0.15, -0.1) is 0 Å². The van der Waals surface area contributed by atoms with Crippen molar-refractivity contribution >= 4 is 72.1 Å². The van der Waals surface area contributed by atoms with Gasteiger partial charge in [-0.2, -0.15) is 0 Å². The number of halogens is 2. The van der Waals surface area contributed by atoms with Crippen LogP contribution in [0.3, 0.4) is 0 Å². The van der Waals surface area contributed by atoms with E-state index in [-0.39, 0.29) is 5.91 Å². The largest absolute Gasteiger partial charge is 0.495 e. The fraction of sp³-hybridized carbons (Fsp3) is 0.158. The normalized spacial score (nSPS) is 15.8. The maximum atomic E-state index is 12.8. The zero-order valence-corrected chi connectivity index (χ0v) is 18.9. The summed E-state index contributed by atoms with van der Waals surface area (Å²) in [7, 11) is 1.61. The second-order valence-corrected chi connectivity index (χ2v) is 9.21. The van der Waals surface area contributed by atoms with Gasteiger partial charge in [0.2, 0.25) is 0 Å². The van der Waals surface area contributed by atoms with Gasteiger partial charge in [0, 0.05) is 10.0 Å². The van der Waals surface area contributed by atoms with E-state index in [1.54, 1.807) is 12.0 Å². The topological polar surface area (TPSA) is 29.5 Å². The first kappa shape index (κ1) is 19.6. The highest BCUT2D eigenvalue weighted by molar-refractivity contribution is 9.11. The molecule has 0 radical (unpaired) electrons. The summed E-state index contributed by atoms with van der Waals surface area (Å²) >= 11 is 13.7. The summed E-state index contributed by atoms with van der Waals surface area (Å²) in [5, 5.41) is 0. The summed E-state index contributed by atoms with van der Waals surface area (Å²) < 4.78 is 7.73. The number of methoxy groups -OCH3 is 1. The first-order chi connectivity index (χ1) is 12.4. The maximum absolute atomic E-state index is 12.8. The number of carbonyl (C=O) groups is 1. The van der Waals surface area contributed by atoms with Crippen molar-refractivity contribution in [3.8, 4) is 5.75 Å². The van der Waals surface area contributed by atoms with Gasteiger partial charge in [0.05, 0.1) is 23.0 Å². The molecule has 26 heavy (non-hydrogen) atoms. The number of rotatable bonds is 4. The van der Waals surface area contributed by atoms with Gasteiger partial charge >= 0.3 is 0 Å². The van der Waals surface area contributed by atoms with Crippen molar-refractivity contribution < 1.29 is 9.53 Å². The number of thioether (sulfide) groups is 1. The van der Waals surface area contributed by atoms with E-state index in [0.717, 1.165) is 20.1 Å². The van der Waals surface area contributed by atoms with Crippen LogP contribution in [0.4, 0.5) is 0 Å². The van der Waals surface area contributed by atoms with E-state index >= 15 is 0 Å². The second kappa shape index (κ2) is 8.25. The molecule has 1 saturated heterocycles. The smallest absolute Gasteiger partial charge is 0.266 e. The molecule has 1 aliphatic heterocycles. The average Bonchev–Trinajstić information content (AvgIpc) is 2.84. The van der Waals surface area contributed by atoms with Crippen molar-refractivity contribution in [3.63, 3.8) is 0 Å². The molecule has 1 amide bonds. The van der Waals surface area contributed by atoms with E-state index in [0.29, 0.717) is 21.5 Å². The average molecular weight is 513 g/mol. The summed E-state index contributed by atoms with van der Waals surface area (Å²) in [4.78, 5) is 15.1. The van der Waals surface area contributed by atoms with Crippen LogP contribution < -0.4 is 4.74 Å². The lowest BCUT2D eigenvalue weighted by atomic mass is 10.1. The van der Waals surface area contributed by atoms with Crippen LogP contribution in [0, 0.1) is 6.92 Å². The Bertz CT molecular complexity index is 911.